The minimum atomic E-state index is 0. The van der Waals surface area contributed by atoms with E-state index in [-0.39, 0.29) is 24.8 Å². The van der Waals surface area contributed by atoms with Crippen LogP contribution in [0.1, 0.15) is 20.3 Å². The number of nitrogens with one attached hydrogen (secondary N) is 1. The number of likely N-dealkylation sites (tertiary alicyclic amines) is 1. The van der Waals surface area contributed by atoms with Crippen molar-refractivity contribution < 1.29 is 0 Å². The molecule has 1 atom stereocenters. The van der Waals surface area contributed by atoms with Gasteiger partial charge in [0.25, 0.3) is 0 Å². The number of hydrogen-bond donors (Lipinski definition) is 1. The van der Waals surface area contributed by atoms with E-state index < -0.39 is 0 Å². The lowest BCUT2D eigenvalue weighted by molar-refractivity contribution is 0.389. The molecule has 4 heteroatoms. The zero-order valence-electron chi connectivity index (χ0n) is 8.04. The van der Waals surface area contributed by atoms with Gasteiger partial charge in [0.2, 0.25) is 0 Å². The van der Waals surface area contributed by atoms with E-state index in [1.54, 1.807) is 0 Å². The lowest BCUT2D eigenvalue weighted by atomic mass is 10.2. The highest BCUT2D eigenvalue weighted by molar-refractivity contribution is 5.85. The first-order valence-electron chi connectivity index (χ1n) is 4.13. The maximum atomic E-state index is 3.53. The summed E-state index contributed by atoms with van der Waals surface area (Å²) >= 11 is 0. The van der Waals surface area contributed by atoms with E-state index in [2.05, 4.69) is 31.1 Å². The molecule has 1 saturated heterocycles. The molecule has 0 amide bonds. The molecule has 1 fully saturated rings. The molecule has 0 aliphatic carbocycles. The zero-order chi connectivity index (χ0) is 7.56. The van der Waals surface area contributed by atoms with Crippen LogP contribution in [0.5, 0.6) is 0 Å². The molecule has 0 aromatic heterocycles. The summed E-state index contributed by atoms with van der Waals surface area (Å²) in [6, 6.07) is 1.38. The van der Waals surface area contributed by atoms with Gasteiger partial charge in [0.15, 0.2) is 0 Å². The normalized spacial score (nSPS) is 23.5. The van der Waals surface area contributed by atoms with Gasteiger partial charge in [0.1, 0.15) is 0 Å². The molecule has 0 spiro atoms. The summed E-state index contributed by atoms with van der Waals surface area (Å²) in [5.74, 6) is 0. The molecule has 2 nitrogen and oxygen atoms in total. The molecule has 0 radical (unpaired) electrons. The smallest absolute Gasteiger partial charge is 0.0209 e. The van der Waals surface area contributed by atoms with Crippen LogP contribution in [0.4, 0.5) is 0 Å². The summed E-state index contributed by atoms with van der Waals surface area (Å²) in [6.07, 6.45) is 1.31. The van der Waals surface area contributed by atoms with Crippen LogP contribution < -0.4 is 5.32 Å². The highest BCUT2D eigenvalue weighted by atomic mass is 35.5. The third kappa shape index (κ3) is 5.20. The van der Waals surface area contributed by atoms with Crippen molar-refractivity contribution in [2.24, 2.45) is 0 Å². The summed E-state index contributed by atoms with van der Waals surface area (Å²) < 4.78 is 0. The molecule has 12 heavy (non-hydrogen) atoms. The lowest BCUT2D eigenvalue weighted by Gasteiger charge is -2.15. The summed E-state index contributed by atoms with van der Waals surface area (Å²) in [7, 11) is 2.18. The predicted octanol–water partition coefficient (Wildman–Crippen LogP) is 1.53. The molecule has 0 unspecified atom stereocenters. The molecule has 1 rings (SSSR count). The van der Waals surface area contributed by atoms with Gasteiger partial charge in [-0.1, -0.05) is 13.8 Å². The molecular formula is C8H20Cl2N2. The standard InChI is InChI=1S/C8H18N2.2ClH/c1-7(2)9-8-4-5-10(3)6-8;;/h7-9H,4-6H2,1-3H3;2*1H/t8-;;/m1../s1. The van der Waals surface area contributed by atoms with Crippen LogP contribution in [0.25, 0.3) is 0 Å². The fraction of sp³-hybridized carbons (Fsp3) is 1.00. The molecule has 76 valence electrons. The topological polar surface area (TPSA) is 15.3 Å². The maximum Gasteiger partial charge on any atom is 0.0209 e. The van der Waals surface area contributed by atoms with Gasteiger partial charge < -0.3 is 10.2 Å². The average Bonchev–Trinajstić information content (AvgIpc) is 2.13. The minimum Gasteiger partial charge on any atom is -0.310 e. The summed E-state index contributed by atoms with van der Waals surface area (Å²) in [4.78, 5) is 2.38. The van der Waals surface area contributed by atoms with Gasteiger partial charge in [0, 0.05) is 18.6 Å². The Kier molecular flexibility index (Phi) is 8.69. The molecule has 1 aliphatic heterocycles. The van der Waals surface area contributed by atoms with E-state index in [1.165, 1.54) is 19.5 Å². The van der Waals surface area contributed by atoms with Crippen LogP contribution in [0.3, 0.4) is 0 Å². The Morgan fingerprint density at radius 2 is 1.92 bits per heavy atom. The Morgan fingerprint density at radius 1 is 1.33 bits per heavy atom. The van der Waals surface area contributed by atoms with Crippen molar-refractivity contribution in [3.05, 3.63) is 0 Å². The number of hydrogen-bond acceptors (Lipinski definition) is 2. The van der Waals surface area contributed by atoms with E-state index in [1.807, 2.05) is 0 Å². The van der Waals surface area contributed by atoms with Crippen molar-refractivity contribution in [1.29, 1.82) is 0 Å². The van der Waals surface area contributed by atoms with Crippen molar-refractivity contribution >= 4 is 24.8 Å². The van der Waals surface area contributed by atoms with Crippen molar-refractivity contribution in [2.75, 3.05) is 20.1 Å². The van der Waals surface area contributed by atoms with E-state index in [0.29, 0.717) is 6.04 Å². The predicted molar refractivity (Wildman–Crippen MR) is 58.7 cm³/mol. The van der Waals surface area contributed by atoms with Crippen LogP contribution in [0.15, 0.2) is 0 Å². The SMILES string of the molecule is CC(C)N[C@@H]1CCN(C)C1.Cl.Cl. The van der Waals surface area contributed by atoms with Gasteiger partial charge >= 0.3 is 0 Å². The second-order valence-corrected chi connectivity index (χ2v) is 3.57. The number of nitrogens with zero attached hydrogens (tertiary/aromatic N) is 1. The lowest BCUT2D eigenvalue weighted by Crippen LogP contribution is -2.36. The highest BCUT2D eigenvalue weighted by Gasteiger charge is 2.18. The number of halogens is 2. The second kappa shape index (κ2) is 6.96. The summed E-state index contributed by atoms with van der Waals surface area (Å²) in [6.45, 7) is 6.89. The largest absolute Gasteiger partial charge is 0.310 e. The Hall–Kier alpha value is 0.500. The highest BCUT2D eigenvalue weighted by Crippen LogP contribution is 2.06. The number of rotatable bonds is 2. The van der Waals surface area contributed by atoms with E-state index in [4.69, 9.17) is 0 Å². The number of likely N-dealkylation sites (N-methyl/N-ethyl adjacent to an activating group) is 1. The average molecular weight is 215 g/mol. The van der Waals surface area contributed by atoms with Gasteiger partial charge in [0.05, 0.1) is 0 Å². The molecule has 1 aliphatic rings. The fourth-order valence-electron chi connectivity index (χ4n) is 1.54. The van der Waals surface area contributed by atoms with Crippen molar-refractivity contribution in [3.8, 4) is 0 Å². The van der Waals surface area contributed by atoms with Gasteiger partial charge in [-0.15, -0.1) is 24.8 Å². The monoisotopic (exact) mass is 214 g/mol. The van der Waals surface area contributed by atoms with Gasteiger partial charge in [-0.25, -0.2) is 0 Å². The minimum absolute atomic E-state index is 0. The molecule has 0 bridgehead atoms. The first-order valence-corrected chi connectivity index (χ1v) is 4.13. The Morgan fingerprint density at radius 3 is 2.25 bits per heavy atom. The van der Waals surface area contributed by atoms with Gasteiger partial charge in [-0.05, 0) is 20.0 Å². The third-order valence-corrected chi connectivity index (χ3v) is 1.96. The Balaban J connectivity index is 0. The van der Waals surface area contributed by atoms with Gasteiger partial charge in [-0.3, -0.25) is 0 Å². The van der Waals surface area contributed by atoms with E-state index >= 15 is 0 Å². The Bertz CT molecular complexity index is 109. The second-order valence-electron chi connectivity index (χ2n) is 3.57. The van der Waals surface area contributed by atoms with Crippen molar-refractivity contribution in [2.45, 2.75) is 32.4 Å². The quantitative estimate of drug-likeness (QED) is 0.751. The van der Waals surface area contributed by atoms with E-state index in [9.17, 15) is 0 Å². The molecule has 1 N–H and O–H groups in total. The zero-order valence-corrected chi connectivity index (χ0v) is 9.67. The molecule has 0 saturated carbocycles. The first kappa shape index (κ1) is 15.0. The van der Waals surface area contributed by atoms with Crippen LogP contribution in [-0.4, -0.2) is 37.1 Å². The van der Waals surface area contributed by atoms with Crippen LogP contribution >= 0.6 is 24.8 Å². The molecule has 0 aromatic rings. The van der Waals surface area contributed by atoms with Gasteiger partial charge in [-0.2, -0.15) is 0 Å². The van der Waals surface area contributed by atoms with Crippen molar-refractivity contribution in [3.63, 3.8) is 0 Å². The maximum absolute atomic E-state index is 3.53. The van der Waals surface area contributed by atoms with Crippen LogP contribution in [0.2, 0.25) is 0 Å². The molecular weight excluding hydrogens is 195 g/mol. The van der Waals surface area contributed by atoms with Crippen LogP contribution in [0, 0.1) is 0 Å². The van der Waals surface area contributed by atoms with Crippen LogP contribution in [-0.2, 0) is 0 Å². The Labute approximate surface area is 87.9 Å². The first-order chi connectivity index (χ1) is 4.68. The van der Waals surface area contributed by atoms with Crippen molar-refractivity contribution in [1.82, 2.24) is 10.2 Å². The third-order valence-electron chi connectivity index (χ3n) is 1.96. The fourth-order valence-corrected chi connectivity index (χ4v) is 1.54. The summed E-state index contributed by atoms with van der Waals surface area (Å²) in [5.41, 5.74) is 0. The van der Waals surface area contributed by atoms with E-state index in [0.717, 1.165) is 6.04 Å². The summed E-state index contributed by atoms with van der Waals surface area (Å²) in [5, 5.41) is 3.53. The molecule has 1 heterocycles. The molecule has 0 aromatic carbocycles.